The van der Waals surface area contributed by atoms with Crippen LogP contribution < -0.4 is 10.6 Å². The van der Waals surface area contributed by atoms with Crippen LogP contribution in [0.4, 0.5) is 4.39 Å². The molecule has 130 valence electrons. The highest BCUT2D eigenvalue weighted by Crippen LogP contribution is 2.20. The number of hydrogen-bond acceptors (Lipinski definition) is 4. The van der Waals surface area contributed by atoms with Gasteiger partial charge in [-0.25, -0.2) is 12.8 Å². The van der Waals surface area contributed by atoms with E-state index in [1.54, 1.807) is 37.3 Å². The SMILES string of the molecule is CC1N=c2ccc(F)c(S(=O)(=O)Cc3ccccc3)c2=C1CC(=O)O. The molecule has 25 heavy (non-hydrogen) atoms. The topological polar surface area (TPSA) is 83.8 Å². The Hall–Kier alpha value is -2.54. The molecule has 2 aromatic rings. The standard InChI is InChI=1S/C18H16FNO4S/c1-11-13(9-16(21)22)17-15(20-11)8-7-14(19)18(17)25(23,24)10-12-5-3-2-4-6-12/h2-8,11H,9-10H2,1H3,(H,21,22). The van der Waals surface area contributed by atoms with Crippen LogP contribution in [0.1, 0.15) is 18.9 Å². The van der Waals surface area contributed by atoms with Gasteiger partial charge in [-0.15, -0.1) is 0 Å². The second-order valence-electron chi connectivity index (χ2n) is 5.92. The quantitative estimate of drug-likeness (QED) is 0.874. The van der Waals surface area contributed by atoms with Gasteiger partial charge in [0.25, 0.3) is 0 Å². The maximum Gasteiger partial charge on any atom is 0.307 e. The zero-order chi connectivity index (χ0) is 18.2. The van der Waals surface area contributed by atoms with Crippen molar-refractivity contribution >= 4 is 21.4 Å². The third-order valence-electron chi connectivity index (χ3n) is 4.10. The van der Waals surface area contributed by atoms with E-state index < -0.39 is 32.6 Å². The minimum absolute atomic E-state index is 0.103. The van der Waals surface area contributed by atoms with Gasteiger partial charge >= 0.3 is 5.97 Å². The number of hydrogen-bond donors (Lipinski definition) is 1. The number of carboxylic acid groups (broad SMARTS) is 1. The van der Waals surface area contributed by atoms with Crippen LogP contribution in [0.15, 0.2) is 52.4 Å². The molecule has 1 unspecified atom stereocenters. The Morgan fingerprint density at radius 3 is 2.52 bits per heavy atom. The summed E-state index contributed by atoms with van der Waals surface area (Å²) in [6.07, 6.45) is -0.380. The van der Waals surface area contributed by atoms with Crippen molar-refractivity contribution in [2.75, 3.05) is 0 Å². The number of rotatable bonds is 5. The van der Waals surface area contributed by atoms with Crippen molar-refractivity contribution < 1.29 is 22.7 Å². The van der Waals surface area contributed by atoms with Gasteiger partial charge in [0.15, 0.2) is 9.84 Å². The minimum Gasteiger partial charge on any atom is -0.481 e. The molecule has 0 fully saturated rings. The highest BCUT2D eigenvalue weighted by atomic mass is 32.2. The third-order valence-corrected chi connectivity index (χ3v) is 5.83. The Morgan fingerprint density at radius 2 is 1.88 bits per heavy atom. The van der Waals surface area contributed by atoms with Gasteiger partial charge in [-0.05, 0) is 30.2 Å². The smallest absolute Gasteiger partial charge is 0.307 e. The molecule has 1 aliphatic rings. The maximum absolute atomic E-state index is 14.5. The van der Waals surface area contributed by atoms with Crippen LogP contribution in [0.2, 0.25) is 0 Å². The van der Waals surface area contributed by atoms with Gasteiger partial charge in [-0.3, -0.25) is 9.79 Å². The molecular formula is C18H16FNO4S. The Bertz CT molecular complexity index is 1060. The zero-order valence-electron chi connectivity index (χ0n) is 13.4. The van der Waals surface area contributed by atoms with Gasteiger partial charge in [-0.2, -0.15) is 0 Å². The Morgan fingerprint density at radius 1 is 1.20 bits per heavy atom. The second-order valence-corrected chi connectivity index (χ2v) is 7.84. The lowest BCUT2D eigenvalue weighted by molar-refractivity contribution is -0.135. The van der Waals surface area contributed by atoms with Gasteiger partial charge in [0.05, 0.1) is 23.6 Å². The third kappa shape index (κ3) is 3.32. The predicted molar refractivity (Wildman–Crippen MR) is 89.6 cm³/mol. The van der Waals surface area contributed by atoms with Crippen LogP contribution in [0, 0.1) is 5.82 Å². The summed E-state index contributed by atoms with van der Waals surface area (Å²) in [7, 11) is -4.01. The molecule has 0 spiro atoms. The molecule has 1 N–H and O–H groups in total. The van der Waals surface area contributed by atoms with Crippen LogP contribution in [-0.4, -0.2) is 25.5 Å². The summed E-state index contributed by atoms with van der Waals surface area (Å²) in [6.45, 7) is 1.67. The molecule has 0 amide bonds. The minimum atomic E-state index is -4.01. The fraction of sp³-hybridized carbons (Fsp3) is 0.222. The van der Waals surface area contributed by atoms with Crippen molar-refractivity contribution in [3.63, 3.8) is 0 Å². The maximum atomic E-state index is 14.5. The van der Waals surface area contributed by atoms with Gasteiger partial charge in [0.1, 0.15) is 10.7 Å². The van der Waals surface area contributed by atoms with E-state index in [0.29, 0.717) is 16.5 Å². The molecule has 0 aliphatic carbocycles. The Balaban J connectivity index is 2.25. The summed E-state index contributed by atoms with van der Waals surface area (Å²) in [5, 5.41) is 9.53. The van der Waals surface area contributed by atoms with Gasteiger partial charge in [-0.1, -0.05) is 30.3 Å². The van der Waals surface area contributed by atoms with E-state index in [2.05, 4.69) is 4.99 Å². The first-order valence-electron chi connectivity index (χ1n) is 7.67. The molecular weight excluding hydrogens is 345 g/mol. The van der Waals surface area contributed by atoms with Crippen molar-refractivity contribution in [2.45, 2.75) is 30.0 Å². The molecule has 1 atom stereocenters. The van der Waals surface area contributed by atoms with Crippen molar-refractivity contribution in [2.24, 2.45) is 4.99 Å². The second kappa shape index (κ2) is 6.40. The molecule has 1 aliphatic heterocycles. The number of nitrogens with zero attached hydrogens (tertiary/aromatic N) is 1. The number of aliphatic carboxylic acids is 1. The lowest BCUT2D eigenvalue weighted by Crippen LogP contribution is -2.32. The lowest BCUT2D eigenvalue weighted by Gasteiger charge is -2.09. The Labute approximate surface area is 144 Å². The Kier molecular flexibility index (Phi) is 4.43. The first-order chi connectivity index (χ1) is 11.8. The molecule has 7 heteroatoms. The number of sulfone groups is 1. The summed E-state index contributed by atoms with van der Waals surface area (Å²) in [6, 6.07) is 10.4. The predicted octanol–water partition coefficient (Wildman–Crippen LogP) is 1.45. The van der Waals surface area contributed by atoms with E-state index >= 15 is 0 Å². The van der Waals surface area contributed by atoms with Crippen molar-refractivity contribution in [1.29, 1.82) is 0 Å². The summed E-state index contributed by atoms with van der Waals surface area (Å²) in [5.74, 6) is -2.36. The van der Waals surface area contributed by atoms with Crippen LogP contribution in [-0.2, 0) is 20.4 Å². The van der Waals surface area contributed by atoms with E-state index in [9.17, 15) is 17.6 Å². The van der Waals surface area contributed by atoms with E-state index in [-0.39, 0.29) is 17.4 Å². The first kappa shape index (κ1) is 17.3. The van der Waals surface area contributed by atoms with Crippen LogP contribution in [0.3, 0.4) is 0 Å². The summed E-state index contributed by atoms with van der Waals surface area (Å²) >= 11 is 0. The van der Waals surface area contributed by atoms with Crippen LogP contribution >= 0.6 is 0 Å². The van der Waals surface area contributed by atoms with E-state index in [4.69, 9.17) is 5.11 Å². The van der Waals surface area contributed by atoms with Crippen molar-refractivity contribution in [3.8, 4) is 0 Å². The van der Waals surface area contributed by atoms with E-state index in [1.165, 1.54) is 6.07 Å². The largest absolute Gasteiger partial charge is 0.481 e. The van der Waals surface area contributed by atoms with Crippen molar-refractivity contribution in [3.05, 3.63) is 64.4 Å². The van der Waals surface area contributed by atoms with E-state index in [1.807, 2.05) is 0 Å². The molecule has 0 aromatic heterocycles. The molecule has 2 aromatic carbocycles. The number of carbonyl (C=O) groups is 1. The zero-order valence-corrected chi connectivity index (χ0v) is 14.3. The van der Waals surface area contributed by atoms with Gasteiger partial charge < -0.3 is 5.11 Å². The van der Waals surface area contributed by atoms with Gasteiger partial charge in [0, 0.05) is 5.22 Å². The summed E-state index contributed by atoms with van der Waals surface area (Å²) < 4.78 is 40.3. The molecule has 1 heterocycles. The average molecular weight is 361 g/mol. The van der Waals surface area contributed by atoms with Crippen LogP contribution in [0.25, 0.3) is 5.57 Å². The average Bonchev–Trinajstić information content (AvgIpc) is 2.83. The normalized spacial score (nSPS) is 16.4. The highest BCUT2D eigenvalue weighted by Gasteiger charge is 2.28. The molecule has 0 saturated carbocycles. The first-order valence-corrected chi connectivity index (χ1v) is 9.32. The number of carboxylic acids is 1. The number of fused-ring (bicyclic) bond motifs is 1. The number of benzene rings is 2. The molecule has 0 radical (unpaired) electrons. The fourth-order valence-corrected chi connectivity index (χ4v) is 4.72. The molecule has 0 bridgehead atoms. The van der Waals surface area contributed by atoms with Crippen LogP contribution in [0.5, 0.6) is 0 Å². The monoisotopic (exact) mass is 361 g/mol. The lowest BCUT2D eigenvalue weighted by atomic mass is 10.0. The van der Waals surface area contributed by atoms with Crippen molar-refractivity contribution in [1.82, 2.24) is 0 Å². The van der Waals surface area contributed by atoms with E-state index in [0.717, 1.165) is 6.07 Å². The summed E-state index contributed by atoms with van der Waals surface area (Å²) in [4.78, 5) is 15.0. The van der Waals surface area contributed by atoms with Gasteiger partial charge in [0.2, 0.25) is 0 Å². The number of halogens is 1. The fourth-order valence-electron chi connectivity index (χ4n) is 3.03. The summed E-state index contributed by atoms with van der Waals surface area (Å²) in [5.41, 5.74) is 0.843. The highest BCUT2D eigenvalue weighted by molar-refractivity contribution is 7.90. The molecule has 0 saturated heterocycles. The molecule has 5 nitrogen and oxygen atoms in total. The molecule has 3 rings (SSSR count).